The van der Waals surface area contributed by atoms with E-state index in [1.165, 1.54) is 0 Å². The lowest BCUT2D eigenvalue weighted by Gasteiger charge is -2.22. The molecule has 21 heavy (non-hydrogen) atoms. The Morgan fingerprint density at radius 2 is 2.05 bits per heavy atom. The van der Waals surface area contributed by atoms with E-state index in [0.29, 0.717) is 0 Å². The lowest BCUT2D eigenvalue weighted by Crippen LogP contribution is -2.28. The van der Waals surface area contributed by atoms with Gasteiger partial charge in [0.25, 0.3) is 0 Å². The summed E-state index contributed by atoms with van der Waals surface area (Å²) in [5, 5.41) is 5.18. The quantitative estimate of drug-likeness (QED) is 0.756. The molecule has 1 unspecified atom stereocenters. The Labute approximate surface area is 140 Å². The number of ether oxygens (including phenoxy) is 2. The van der Waals surface area contributed by atoms with Crippen LogP contribution in [0.25, 0.3) is 0 Å². The molecule has 1 aliphatic heterocycles. The van der Waals surface area contributed by atoms with Crippen molar-refractivity contribution >= 4 is 33.9 Å². The van der Waals surface area contributed by atoms with Gasteiger partial charge in [-0.3, -0.25) is 4.18 Å². The lowest BCUT2D eigenvalue weighted by atomic mass is 10.1. The third-order valence-corrected chi connectivity index (χ3v) is 5.32. The summed E-state index contributed by atoms with van der Waals surface area (Å²) in [6.07, 6.45) is 3.51. The Kier molecular flexibility index (Phi) is 4.97. The molecular formula is C14H18INO4S. The van der Waals surface area contributed by atoms with Gasteiger partial charge in [0, 0.05) is 16.4 Å². The minimum absolute atomic E-state index is 0.167. The summed E-state index contributed by atoms with van der Waals surface area (Å²) in [6.45, 7) is 0.167. The molecule has 7 heteroatoms. The molecule has 3 atom stereocenters. The molecule has 1 saturated carbocycles. The zero-order valence-electron chi connectivity index (χ0n) is 11.5. The van der Waals surface area contributed by atoms with Crippen LogP contribution in [-0.2, 0) is 24.9 Å². The van der Waals surface area contributed by atoms with Crippen LogP contribution in [0.4, 0.5) is 0 Å². The van der Waals surface area contributed by atoms with Crippen molar-refractivity contribution in [3.8, 4) is 0 Å². The first-order chi connectivity index (χ1) is 10.1. The number of rotatable bonds is 4. The molecule has 2 fully saturated rings. The van der Waals surface area contributed by atoms with E-state index in [0.717, 1.165) is 34.8 Å². The maximum Gasteiger partial charge on any atom is 0.231 e. The molecule has 0 aromatic heterocycles. The van der Waals surface area contributed by atoms with E-state index in [4.69, 9.17) is 18.8 Å². The Bertz CT molecular complexity index is 535. The number of benzene rings is 1. The van der Waals surface area contributed by atoms with Crippen molar-refractivity contribution in [1.82, 2.24) is 0 Å². The largest absolute Gasteiger partial charge is 0.341 e. The molecule has 116 valence electrons. The lowest BCUT2D eigenvalue weighted by molar-refractivity contribution is -0.171. The molecule has 1 aliphatic carbocycles. The van der Waals surface area contributed by atoms with E-state index in [-0.39, 0.29) is 18.8 Å². The predicted molar refractivity (Wildman–Crippen MR) is 87.3 cm³/mol. The molecule has 1 aromatic rings. The summed E-state index contributed by atoms with van der Waals surface area (Å²) in [7, 11) is 0. The molecule has 1 spiro atoms. The molecule has 2 aliphatic rings. The monoisotopic (exact) mass is 423 g/mol. The van der Waals surface area contributed by atoms with E-state index < -0.39 is 17.1 Å². The van der Waals surface area contributed by atoms with Gasteiger partial charge in [-0.15, -0.1) is 0 Å². The second kappa shape index (κ2) is 6.59. The van der Waals surface area contributed by atoms with E-state index >= 15 is 0 Å². The van der Waals surface area contributed by atoms with Crippen molar-refractivity contribution in [3.05, 3.63) is 33.4 Å². The maximum atomic E-state index is 11.0. The minimum Gasteiger partial charge on any atom is -0.341 e. The van der Waals surface area contributed by atoms with Gasteiger partial charge in [-0.25, -0.2) is 9.35 Å². The second-order valence-electron chi connectivity index (χ2n) is 5.38. The number of hydrogen-bond acceptors (Lipinski definition) is 4. The van der Waals surface area contributed by atoms with Crippen LogP contribution in [0.15, 0.2) is 24.3 Å². The van der Waals surface area contributed by atoms with Crippen LogP contribution in [0.3, 0.4) is 0 Å². The summed E-state index contributed by atoms with van der Waals surface area (Å²) in [6, 6.07) is 8.06. The van der Waals surface area contributed by atoms with Crippen LogP contribution in [0.5, 0.6) is 0 Å². The molecule has 0 radical (unpaired) electrons. The van der Waals surface area contributed by atoms with Crippen molar-refractivity contribution in [1.29, 1.82) is 0 Å². The van der Waals surface area contributed by atoms with Crippen LogP contribution >= 0.6 is 22.6 Å². The molecule has 5 nitrogen and oxygen atoms in total. The number of hydrogen-bond donors (Lipinski definition) is 1. The Morgan fingerprint density at radius 1 is 1.33 bits per heavy atom. The molecule has 0 amide bonds. The smallest absolute Gasteiger partial charge is 0.231 e. The van der Waals surface area contributed by atoms with Gasteiger partial charge >= 0.3 is 0 Å². The molecule has 2 N–H and O–H groups in total. The zero-order valence-corrected chi connectivity index (χ0v) is 14.5. The highest BCUT2D eigenvalue weighted by molar-refractivity contribution is 14.1. The maximum absolute atomic E-state index is 11.0. The zero-order chi connectivity index (χ0) is 14.9. The summed E-state index contributed by atoms with van der Waals surface area (Å²) in [4.78, 5) is 0. The Balaban J connectivity index is 1.84. The third kappa shape index (κ3) is 3.48. The van der Waals surface area contributed by atoms with Crippen molar-refractivity contribution < 1.29 is 17.9 Å². The fraction of sp³-hybridized carbons (Fsp3) is 0.571. The molecule has 1 saturated heterocycles. The Morgan fingerprint density at radius 3 is 2.71 bits per heavy atom. The average Bonchev–Trinajstić information content (AvgIpc) is 3.05. The van der Waals surface area contributed by atoms with E-state index in [2.05, 4.69) is 22.6 Å². The first-order valence-corrected chi connectivity index (χ1v) is 9.21. The molecular weight excluding hydrogens is 405 g/mol. The fourth-order valence-electron chi connectivity index (χ4n) is 3.05. The van der Waals surface area contributed by atoms with Crippen LogP contribution in [0.1, 0.15) is 37.4 Å². The molecule has 1 aromatic carbocycles. The van der Waals surface area contributed by atoms with E-state index in [9.17, 15) is 4.21 Å². The highest BCUT2D eigenvalue weighted by Gasteiger charge is 2.50. The van der Waals surface area contributed by atoms with E-state index in [1.54, 1.807) is 0 Å². The summed E-state index contributed by atoms with van der Waals surface area (Å²) >= 11 is 0.504. The first kappa shape index (κ1) is 15.8. The van der Waals surface area contributed by atoms with Crippen molar-refractivity contribution in [2.24, 2.45) is 5.14 Å². The standard InChI is InChI=1S/C14H18INO4S/c15-11-6-2-1-5-10(11)13-12(9-18-21(16)17)19-14(20-13)7-3-4-8-14/h1-2,5-6,12-13H,3-4,7-9,16H2/t12-,13-,21?/m1/s1. The topological polar surface area (TPSA) is 70.8 Å². The highest BCUT2D eigenvalue weighted by Crippen LogP contribution is 2.47. The number of nitrogens with two attached hydrogens (primary N) is 1. The highest BCUT2D eigenvalue weighted by atomic mass is 127. The SMILES string of the molecule is NS(=O)OC[C@H]1OC2(CCCC2)O[C@@H]1c1ccccc1I. The van der Waals surface area contributed by atoms with Crippen LogP contribution in [-0.4, -0.2) is 22.7 Å². The van der Waals surface area contributed by atoms with Crippen LogP contribution in [0, 0.1) is 3.57 Å². The van der Waals surface area contributed by atoms with Crippen molar-refractivity contribution in [2.75, 3.05) is 6.61 Å². The summed E-state index contributed by atoms with van der Waals surface area (Å²) in [5.41, 5.74) is 1.08. The summed E-state index contributed by atoms with van der Waals surface area (Å²) in [5.74, 6) is -0.506. The predicted octanol–water partition coefficient (Wildman–Crippen LogP) is 2.57. The van der Waals surface area contributed by atoms with Crippen LogP contribution in [0.2, 0.25) is 0 Å². The van der Waals surface area contributed by atoms with Gasteiger partial charge < -0.3 is 9.47 Å². The van der Waals surface area contributed by atoms with Gasteiger partial charge in [0.2, 0.25) is 11.3 Å². The van der Waals surface area contributed by atoms with Crippen molar-refractivity contribution in [3.63, 3.8) is 0 Å². The van der Waals surface area contributed by atoms with Crippen LogP contribution < -0.4 is 5.14 Å². The molecule has 3 rings (SSSR count). The number of halogens is 1. The van der Waals surface area contributed by atoms with Gasteiger partial charge in [0.05, 0.1) is 6.61 Å². The first-order valence-electron chi connectivity index (χ1n) is 6.99. The van der Waals surface area contributed by atoms with Gasteiger partial charge in [-0.1, -0.05) is 18.2 Å². The molecule has 1 heterocycles. The van der Waals surface area contributed by atoms with Gasteiger partial charge in [-0.05, 0) is 47.1 Å². The minimum atomic E-state index is -1.79. The van der Waals surface area contributed by atoms with Gasteiger partial charge in [-0.2, -0.15) is 0 Å². The van der Waals surface area contributed by atoms with E-state index in [1.807, 2.05) is 24.3 Å². The summed E-state index contributed by atoms with van der Waals surface area (Å²) < 4.78 is 29.6. The second-order valence-corrected chi connectivity index (χ2v) is 7.30. The van der Waals surface area contributed by atoms with Gasteiger partial charge in [0.15, 0.2) is 5.79 Å². The Hall–Kier alpha value is -0.0600. The van der Waals surface area contributed by atoms with Gasteiger partial charge in [0.1, 0.15) is 12.2 Å². The van der Waals surface area contributed by atoms with Crippen molar-refractivity contribution in [2.45, 2.75) is 43.7 Å². The third-order valence-electron chi connectivity index (χ3n) is 3.97. The molecule has 0 bridgehead atoms. The fourth-order valence-corrected chi connectivity index (χ4v) is 4.01. The average molecular weight is 423 g/mol. The normalized spacial score (nSPS) is 29.0.